The molecule has 1 aromatic carbocycles. The van der Waals surface area contributed by atoms with Gasteiger partial charge in [-0.05, 0) is 32.0 Å². The van der Waals surface area contributed by atoms with Crippen LogP contribution in [0.25, 0.3) is 0 Å². The van der Waals surface area contributed by atoms with Crippen molar-refractivity contribution in [2.45, 2.75) is 25.4 Å². The Bertz CT molecular complexity index is 456. The summed E-state index contributed by atoms with van der Waals surface area (Å²) in [7, 11) is 2.13. The summed E-state index contributed by atoms with van der Waals surface area (Å²) >= 11 is 1.65. The molecule has 0 radical (unpaired) electrons. The molecule has 0 fully saturated rings. The lowest BCUT2D eigenvalue weighted by Crippen LogP contribution is -2.21. The second-order valence-electron chi connectivity index (χ2n) is 4.88. The molecule has 102 valence electrons. The van der Waals surface area contributed by atoms with E-state index in [1.807, 2.05) is 23.7 Å². The predicted octanol–water partition coefficient (Wildman–Crippen LogP) is 3.06. The normalized spacial score (nSPS) is 12.8. The number of hydrogen-bond donors (Lipinski definition) is 1. The molecule has 0 saturated heterocycles. The van der Waals surface area contributed by atoms with Crippen molar-refractivity contribution in [3.8, 4) is 0 Å². The molecule has 0 aliphatic heterocycles. The molecule has 0 amide bonds. The second-order valence-corrected chi connectivity index (χ2v) is 5.60. The highest BCUT2D eigenvalue weighted by Crippen LogP contribution is 2.15. The SMILES string of the molecule is CN(CCCC(N)c1ccccc1)Cc1cscn1. The van der Waals surface area contributed by atoms with Crippen LogP contribution in [-0.2, 0) is 6.54 Å². The first-order valence-corrected chi connectivity index (χ1v) is 7.56. The fourth-order valence-corrected chi connectivity index (χ4v) is 2.67. The van der Waals surface area contributed by atoms with Gasteiger partial charge in [0.25, 0.3) is 0 Å². The minimum Gasteiger partial charge on any atom is -0.324 e. The summed E-state index contributed by atoms with van der Waals surface area (Å²) in [5.74, 6) is 0. The van der Waals surface area contributed by atoms with Gasteiger partial charge in [-0.3, -0.25) is 0 Å². The van der Waals surface area contributed by atoms with Crippen LogP contribution in [0.15, 0.2) is 41.2 Å². The summed E-state index contributed by atoms with van der Waals surface area (Å²) in [4.78, 5) is 6.60. The second kappa shape index (κ2) is 7.38. The average Bonchev–Trinajstić information content (AvgIpc) is 2.92. The van der Waals surface area contributed by atoms with Gasteiger partial charge in [-0.15, -0.1) is 11.3 Å². The van der Waals surface area contributed by atoms with Crippen LogP contribution in [0.5, 0.6) is 0 Å². The van der Waals surface area contributed by atoms with E-state index in [1.165, 1.54) is 5.56 Å². The van der Waals surface area contributed by atoms with Crippen LogP contribution in [0.4, 0.5) is 0 Å². The largest absolute Gasteiger partial charge is 0.324 e. The third kappa shape index (κ3) is 4.74. The van der Waals surface area contributed by atoms with Crippen LogP contribution < -0.4 is 5.73 Å². The number of thiazole rings is 1. The third-order valence-electron chi connectivity index (χ3n) is 3.20. The zero-order valence-electron chi connectivity index (χ0n) is 11.3. The molecule has 0 bridgehead atoms. The first-order chi connectivity index (χ1) is 9.25. The van der Waals surface area contributed by atoms with E-state index >= 15 is 0 Å². The lowest BCUT2D eigenvalue weighted by Gasteiger charge is -2.17. The Morgan fingerprint density at radius 1 is 1.32 bits per heavy atom. The molecule has 1 unspecified atom stereocenters. The van der Waals surface area contributed by atoms with Gasteiger partial charge in [0.2, 0.25) is 0 Å². The van der Waals surface area contributed by atoms with Crippen molar-refractivity contribution in [1.29, 1.82) is 0 Å². The Morgan fingerprint density at radius 3 is 2.79 bits per heavy atom. The zero-order chi connectivity index (χ0) is 13.5. The van der Waals surface area contributed by atoms with Gasteiger partial charge in [0.1, 0.15) is 0 Å². The summed E-state index contributed by atoms with van der Waals surface area (Å²) in [6.07, 6.45) is 2.13. The van der Waals surface area contributed by atoms with Crippen molar-refractivity contribution in [2.75, 3.05) is 13.6 Å². The molecule has 0 saturated carbocycles. The van der Waals surface area contributed by atoms with E-state index in [9.17, 15) is 0 Å². The molecule has 2 rings (SSSR count). The first kappa shape index (κ1) is 14.2. The van der Waals surface area contributed by atoms with Crippen LogP contribution in [0, 0.1) is 0 Å². The molecular formula is C15H21N3S. The number of nitrogens with zero attached hydrogens (tertiary/aromatic N) is 2. The average molecular weight is 275 g/mol. The molecular weight excluding hydrogens is 254 g/mol. The highest BCUT2D eigenvalue weighted by molar-refractivity contribution is 7.07. The molecule has 3 nitrogen and oxygen atoms in total. The van der Waals surface area contributed by atoms with Gasteiger partial charge in [0.15, 0.2) is 0 Å². The Hall–Kier alpha value is -1.23. The maximum Gasteiger partial charge on any atom is 0.0795 e. The summed E-state index contributed by atoms with van der Waals surface area (Å²) in [6.45, 7) is 1.97. The highest BCUT2D eigenvalue weighted by atomic mass is 32.1. The Kier molecular flexibility index (Phi) is 5.51. The highest BCUT2D eigenvalue weighted by Gasteiger charge is 2.06. The number of nitrogens with two attached hydrogens (primary N) is 1. The molecule has 2 aromatic rings. The summed E-state index contributed by atoms with van der Waals surface area (Å²) in [5, 5.41) is 2.10. The van der Waals surface area contributed by atoms with E-state index in [0.717, 1.165) is 31.6 Å². The van der Waals surface area contributed by atoms with Crippen LogP contribution >= 0.6 is 11.3 Å². The minimum atomic E-state index is 0.147. The van der Waals surface area contributed by atoms with Crippen LogP contribution in [0.3, 0.4) is 0 Å². The summed E-state index contributed by atoms with van der Waals surface area (Å²) in [6, 6.07) is 10.5. The van der Waals surface area contributed by atoms with Gasteiger partial charge in [0, 0.05) is 18.0 Å². The Labute approximate surface area is 119 Å². The topological polar surface area (TPSA) is 42.1 Å². The van der Waals surface area contributed by atoms with E-state index < -0.39 is 0 Å². The van der Waals surface area contributed by atoms with Gasteiger partial charge in [-0.1, -0.05) is 30.3 Å². The first-order valence-electron chi connectivity index (χ1n) is 6.62. The standard InChI is InChI=1S/C15H21N3S/c1-18(10-14-11-19-12-17-14)9-5-8-15(16)13-6-3-2-4-7-13/h2-4,6-7,11-12,15H,5,8-10,16H2,1H3. The smallest absolute Gasteiger partial charge is 0.0795 e. The van der Waals surface area contributed by atoms with Crippen molar-refractivity contribution in [1.82, 2.24) is 9.88 Å². The third-order valence-corrected chi connectivity index (χ3v) is 3.83. The monoisotopic (exact) mass is 275 g/mol. The van der Waals surface area contributed by atoms with Gasteiger partial charge in [0.05, 0.1) is 11.2 Å². The number of benzene rings is 1. The van der Waals surface area contributed by atoms with E-state index in [1.54, 1.807) is 11.3 Å². The summed E-state index contributed by atoms with van der Waals surface area (Å²) < 4.78 is 0. The minimum absolute atomic E-state index is 0.147. The molecule has 0 spiro atoms. The predicted molar refractivity (Wildman–Crippen MR) is 81.1 cm³/mol. The lowest BCUT2D eigenvalue weighted by molar-refractivity contribution is 0.311. The van der Waals surface area contributed by atoms with Crippen LogP contribution in [0.2, 0.25) is 0 Å². The van der Waals surface area contributed by atoms with Crippen molar-refractivity contribution >= 4 is 11.3 Å². The molecule has 19 heavy (non-hydrogen) atoms. The van der Waals surface area contributed by atoms with Gasteiger partial charge < -0.3 is 10.6 Å². The van der Waals surface area contributed by atoms with Gasteiger partial charge >= 0.3 is 0 Å². The van der Waals surface area contributed by atoms with Crippen LogP contribution in [-0.4, -0.2) is 23.5 Å². The molecule has 4 heteroatoms. The maximum atomic E-state index is 6.19. The van der Waals surface area contributed by atoms with Gasteiger partial charge in [-0.2, -0.15) is 0 Å². The lowest BCUT2D eigenvalue weighted by atomic mass is 10.0. The van der Waals surface area contributed by atoms with Crippen molar-refractivity contribution in [3.63, 3.8) is 0 Å². The molecule has 1 aromatic heterocycles. The maximum absolute atomic E-state index is 6.19. The number of hydrogen-bond acceptors (Lipinski definition) is 4. The Balaban J connectivity index is 1.68. The Morgan fingerprint density at radius 2 is 2.11 bits per heavy atom. The van der Waals surface area contributed by atoms with Crippen molar-refractivity contribution in [3.05, 3.63) is 52.5 Å². The zero-order valence-corrected chi connectivity index (χ0v) is 12.1. The van der Waals surface area contributed by atoms with Crippen LogP contribution in [0.1, 0.15) is 30.1 Å². The van der Waals surface area contributed by atoms with Crippen molar-refractivity contribution in [2.24, 2.45) is 5.73 Å². The van der Waals surface area contributed by atoms with E-state index in [-0.39, 0.29) is 6.04 Å². The molecule has 0 aliphatic rings. The van der Waals surface area contributed by atoms with E-state index in [4.69, 9.17) is 5.73 Å². The fraction of sp³-hybridized carbons (Fsp3) is 0.400. The number of aromatic nitrogens is 1. The molecule has 2 N–H and O–H groups in total. The molecule has 1 atom stereocenters. The quantitative estimate of drug-likeness (QED) is 0.844. The molecule has 0 aliphatic carbocycles. The van der Waals surface area contributed by atoms with Crippen molar-refractivity contribution < 1.29 is 0 Å². The van der Waals surface area contributed by atoms with E-state index in [0.29, 0.717) is 0 Å². The summed E-state index contributed by atoms with van der Waals surface area (Å²) in [5.41, 5.74) is 10.5. The van der Waals surface area contributed by atoms with E-state index in [2.05, 4.69) is 34.4 Å². The number of rotatable bonds is 7. The molecule has 1 heterocycles. The fourth-order valence-electron chi connectivity index (χ4n) is 2.12. The van der Waals surface area contributed by atoms with Gasteiger partial charge in [-0.25, -0.2) is 4.98 Å².